The maximum atomic E-state index is 12.8. The maximum Gasteiger partial charge on any atom is 0.253 e. The fourth-order valence-electron chi connectivity index (χ4n) is 4.02. The predicted molar refractivity (Wildman–Crippen MR) is 106 cm³/mol. The van der Waals surface area contributed by atoms with Crippen LogP contribution in [0.3, 0.4) is 0 Å². The summed E-state index contributed by atoms with van der Waals surface area (Å²) in [5.74, 6) is 0.507. The number of carbonyl (C=O) groups excluding carboxylic acids is 2. The molecule has 6 nitrogen and oxygen atoms in total. The van der Waals surface area contributed by atoms with E-state index in [-0.39, 0.29) is 23.8 Å². The zero-order valence-electron chi connectivity index (χ0n) is 16.2. The Morgan fingerprint density at radius 1 is 1.19 bits per heavy atom. The molecule has 0 bridgehead atoms. The van der Waals surface area contributed by atoms with Crippen LogP contribution >= 0.6 is 0 Å². The van der Waals surface area contributed by atoms with E-state index in [4.69, 9.17) is 10.5 Å². The summed E-state index contributed by atoms with van der Waals surface area (Å²) >= 11 is 0. The average Bonchev–Trinajstić information content (AvgIpc) is 2.69. The van der Waals surface area contributed by atoms with Crippen LogP contribution in [0.1, 0.15) is 62.2 Å². The van der Waals surface area contributed by atoms with Crippen molar-refractivity contribution in [2.24, 2.45) is 11.7 Å². The molecule has 6 heteroatoms. The molecule has 0 aromatic heterocycles. The molecule has 1 aromatic carbocycles. The number of rotatable bonds is 5. The smallest absolute Gasteiger partial charge is 0.253 e. The Balaban J connectivity index is 1.76. The first-order chi connectivity index (χ1) is 13.1. The normalized spacial score (nSPS) is 23.0. The number of anilines is 1. The van der Waals surface area contributed by atoms with Crippen molar-refractivity contribution in [3.63, 3.8) is 0 Å². The van der Waals surface area contributed by atoms with E-state index >= 15 is 0 Å². The molecule has 2 amide bonds. The minimum Gasteiger partial charge on any atom is -0.492 e. The van der Waals surface area contributed by atoms with E-state index in [1.165, 1.54) is 6.42 Å². The molecule has 1 saturated carbocycles. The third-order valence-corrected chi connectivity index (χ3v) is 5.51. The van der Waals surface area contributed by atoms with Crippen LogP contribution in [-0.2, 0) is 4.79 Å². The third kappa shape index (κ3) is 5.01. The average molecular weight is 373 g/mol. The van der Waals surface area contributed by atoms with Crippen LogP contribution in [-0.4, -0.2) is 42.5 Å². The molecule has 148 valence electrons. The van der Waals surface area contributed by atoms with Crippen LogP contribution < -0.4 is 15.8 Å². The highest BCUT2D eigenvalue weighted by molar-refractivity contribution is 5.99. The number of benzene rings is 1. The van der Waals surface area contributed by atoms with Gasteiger partial charge in [-0.05, 0) is 63.6 Å². The number of amides is 2. The van der Waals surface area contributed by atoms with E-state index in [2.05, 4.69) is 5.32 Å². The first kappa shape index (κ1) is 19.7. The SMILES string of the molecule is CCOc1ccc(C(=O)N2CCCCC2)cc1NC(=O)C1CCCC(N)C1. The molecule has 2 aliphatic rings. The van der Waals surface area contributed by atoms with E-state index in [0.29, 0.717) is 30.0 Å². The van der Waals surface area contributed by atoms with Crippen LogP contribution in [0.15, 0.2) is 18.2 Å². The maximum absolute atomic E-state index is 12.8. The molecule has 1 heterocycles. The van der Waals surface area contributed by atoms with Crippen LogP contribution in [0.5, 0.6) is 5.75 Å². The van der Waals surface area contributed by atoms with E-state index < -0.39 is 0 Å². The van der Waals surface area contributed by atoms with Crippen LogP contribution in [0.2, 0.25) is 0 Å². The molecular weight excluding hydrogens is 342 g/mol. The standard InChI is InChI=1S/C21H31N3O3/c1-2-27-19-10-9-16(21(26)24-11-4-3-5-12-24)14-18(19)23-20(25)15-7-6-8-17(22)13-15/h9-10,14-15,17H,2-8,11-13,22H2,1H3,(H,23,25). The molecule has 3 N–H and O–H groups in total. The van der Waals surface area contributed by atoms with Gasteiger partial charge in [0.1, 0.15) is 5.75 Å². The number of nitrogens with one attached hydrogen (secondary N) is 1. The fourth-order valence-corrected chi connectivity index (χ4v) is 4.02. The minimum atomic E-state index is -0.0790. The number of hydrogen-bond donors (Lipinski definition) is 2. The van der Waals surface area contributed by atoms with Gasteiger partial charge in [-0.15, -0.1) is 0 Å². The van der Waals surface area contributed by atoms with E-state index in [1.807, 2.05) is 11.8 Å². The number of hydrogen-bond acceptors (Lipinski definition) is 4. The largest absolute Gasteiger partial charge is 0.492 e. The van der Waals surface area contributed by atoms with Crippen molar-refractivity contribution in [1.82, 2.24) is 4.90 Å². The lowest BCUT2D eigenvalue weighted by Gasteiger charge is -2.27. The Morgan fingerprint density at radius 3 is 2.67 bits per heavy atom. The fraction of sp³-hybridized carbons (Fsp3) is 0.619. The van der Waals surface area contributed by atoms with Crippen LogP contribution in [0.25, 0.3) is 0 Å². The van der Waals surface area contributed by atoms with Gasteiger partial charge in [0.25, 0.3) is 5.91 Å². The second-order valence-corrected chi connectivity index (χ2v) is 7.61. The van der Waals surface area contributed by atoms with Crippen molar-refractivity contribution < 1.29 is 14.3 Å². The van der Waals surface area contributed by atoms with Crippen molar-refractivity contribution in [1.29, 1.82) is 0 Å². The van der Waals surface area contributed by atoms with Gasteiger partial charge in [0.2, 0.25) is 5.91 Å². The third-order valence-electron chi connectivity index (χ3n) is 5.51. The number of ether oxygens (including phenoxy) is 1. The summed E-state index contributed by atoms with van der Waals surface area (Å²) in [6, 6.07) is 5.41. The molecule has 1 aliphatic heterocycles. The molecule has 2 unspecified atom stereocenters. The van der Waals surface area contributed by atoms with Gasteiger partial charge >= 0.3 is 0 Å². The van der Waals surface area contributed by atoms with Crippen LogP contribution in [0.4, 0.5) is 5.69 Å². The monoisotopic (exact) mass is 373 g/mol. The number of likely N-dealkylation sites (tertiary alicyclic amines) is 1. The molecule has 1 saturated heterocycles. The molecule has 0 spiro atoms. The summed E-state index contributed by atoms with van der Waals surface area (Å²) in [4.78, 5) is 27.4. The molecule has 1 aromatic rings. The lowest BCUT2D eigenvalue weighted by molar-refractivity contribution is -0.120. The first-order valence-corrected chi connectivity index (χ1v) is 10.2. The summed E-state index contributed by atoms with van der Waals surface area (Å²) in [5, 5.41) is 2.99. The predicted octanol–water partition coefficient (Wildman–Crippen LogP) is 3.17. The zero-order valence-corrected chi connectivity index (χ0v) is 16.2. The number of carbonyl (C=O) groups is 2. The highest BCUT2D eigenvalue weighted by Gasteiger charge is 2.26. The molecule has 2 atom stereocenters. The van der Waals surface area contributed by atoms with Gasteiger partial charge in [0.15, 0.2) is 0 Å². The molecule has 0 radical (unpaired) electrons. The molecule has 2 fully saturated rings. The molecule has 1 aliphatic carbocycles. The summed E-state index contributed by atoms with van der Waals surface area (Å²) in [6.07, 6.45) is 6.80. The van der Waals surface area contributed by atoms with Crippen molar-refractivity contribution in [2.45, 2.75) is 57.9 Å². The zero-order chi connectivity index (χ0) is 19.2. The van der Waals surface area contributed by atoms with Crippen molar-refractivity contribution >= 4 is 17.5 Å². The quantitative estimate of drug-likeness (QED) is 0.830. The van der Waals surface area contributed by atoms with Crippen molar-refractivity contribution in [3.8, 4) is 5.75 Å². The molecule has 3 rings (SSSR count). The lowest BCUT2D eigenvalue weighted by atomic mass is 9.85. The van der Waals surface area contributed by atoms with Crippen molar-refractivity contribution in [2.75, 3.05) is 25.0 Å². The van der Waals surface area contributed by atoms with Crippen LogP contribution in [0, 0.1) is 5.92 Å². The molecule has 27 heavy (non-hydrogen) atoms. The summed E-state index contributed by atoms with van der Waals surface area (Å²) in [6.45, 7) is 4.00. The first-order valence-electron chi connectivity index (χ1n) is 10.2. The number of piperidine rings is 1. The van der Waals surface area contributed by atoms with Gasteiger partial charge in [-0.25, -0.2) is 0 Å². The number of nitrogens with zero attached hydrogens (tertiary/aromatic N) is 1. The Bertz CT molecular complexity index is 671. The van der Waals surface area contributed by atoms with Gasteiger partial charge in [0, 0.05) is 30.6 Å². The van der Waals surface area contributed by atoms with E-state index in [0.717, 1.165) is 45.2 Å². The Morgan fingerprint density at radius 2 is 1.96 bits per heavy atom. The number of nitrogens with two attached hydrogens (primary N) is 1. The summed E-state index contributed by atoms with van der Waals surface area (Å²) in [5.41, 5.74) is 7.19. The Kier molecular flexibility index (Phi) is 6.72. The topological polar surface area (TPSA) is 84.7 Å². The van der Waals surface area contributed by atoms with Gasteiger partial charge < -0.3 is 20.7 Å². The Hall–Kier alpha value is -2.08. The molecular formula is C21H31N3O3. The minimum absolute atomic E-state index is 0.0212. The van der Waals surface area contributed by atoms with Gasteiger partial charge in [0.05, 0.1) is 12.3 Å². The van der Waals surface area contributed by atoms with Gasteiger partial charge in [-0.2, -0.15) is 0 Å². The van der Waals surface area contributed by atoms with Gasteiger partial charge in [-0.1, -0.05) is 6.42 Å². The lowest BCUT2D eigenvalue weighted by Crippen LogP contribution is -2.36. The second-order valence-electron chi connectivity index (χ2n) is 7.61. The van der Waals surface area contributed by atoms with E-state index in [1.54, 1.807) is 18.2 Å². The van der Waals surface area contributed by atoms with Crippen molar-refractivity contribution in [3.05, 3.63) is 23.8 Å². The summed E-state index contributed by atoms with van der Waals surface area (Å²) in [7, 11) is 0. The highest BCUT2D eigenvalue weighted by Crippen LogP contribution is 2.30. The summed E-state index contributed by atoms with van der Waals surface area (Å²) < 4.78 is 5.66. The van der Waals surface area contributed by atoms with Gasteiger partial charge in [-0.3, -0.25) is 9.59 Å². The highest BCUT2D eigenvalue weighted by atomic mass is 16.5. The Labute approximate surface area is 161 Å². The second kappa shape index (κ2) is 9.22. The van der Waals surface area contributed by atoms with E-state index in [9.17, 15) is 9.59 Å².